The van der Waals surface area contributed by atoms with E-state index in [-0.39, 0.29) is 9.79 Å². The minimum absolute atomic E-state index is 0.0621. The van der Waals surface area contributed by atoms with Gasteiger partial charge in [-0.05, 0) is 102 Å². The highest BCUT2D eigenvalue weighted by molar-refractivity contribution is 7.89. The lowest BCUT2D eigenvalue weighted by molar-refractivity contribution is 0.491. The first kappa shape index (κ1) is 48.7. The van der Waals surface area contributed by atoms with E-state index in [2.05, 4.69) is 71.7 Å². The molecule has 0 saturated heterocycles. The molecule has 0 fully saturated rings. The van der Waals surface area contributed by atoms with Crippen LogP contribution in [0.5, 0.6) is 0 Å². The molecule has 0 bridgehead atoms. The van der Waals surface area contributed by atoms with Crippen molar-refractivity contribution in [1.82, 2.24) is 34.6 Å². The van der Waals surface area contributed by atoms with Crippen LogP contribution < -0.4 is 20.5 Å². The largest absolute Gasteiger partial charge is 0.364 e. The molecule has 6 heterocycles. The fourth-order valence-corrected chi connectivity index (χ4v) is 10.0. The third kappa shape index (κ3) is 11.7. The summed E-state index contributed by atoms with van der Waals surface area (Å²) >= 11 is 0. The Balaban J connectivity index is 0.000000179. The Morgan fingerprint density at radius 1 is 0.486 bits per heavy atom. The van der Waals surface area contributed by atoms with Crippen LogP contribution in [0.2, 0.25) is 0 Å². The summed E-state index contributed by atoms with van der Waals surface area (Å²) in [6.45, 7) is 6.37. The Labute approximate surface area is 418 Å². The van der Waals surface area contributed by atoms with Gasteiger partial charge < -0.3 is 10.6 Å². The lowest BCUT2D eigenvalue weighted by atomic mass is 9.97. The lowest BCUT2D eigenvalue weighted by Gasteiger charge is -2.20. The van der Waals surface area contributed by atoms with Crippen LogP contribution in [-0.4, -0.2) is 52.3 Å². The van der Waals surface area contributed by atoms with Crippen molar-refractivity contribution in [2.45, 2.75) is 49.2 Å². The Morgan fingerprint density at radius 3 is 1.36 bits per heavy atom. The summed E-state index contributed by atoms with van der Waals surface area (Å²) in [6, 6.07) is 51.0. The fraction of sp³-hybridized carbons (Fsp3) is 0.107. The lowest BCUT2D eigenvalue weighted by Crippen LogP contribution is -2.40. The number of rotatable bonds is 13. The monoisotopic (exact) mass is 990 g/mol. The maximum Gasteiger partial charge on any atom is 0.242 e. The zero-order valence-corrected chi connectivity index (χ0v) is 41.2. The molecule has 0 aliphatic carbocycles. The second-order valence-electron chi connectivity index (χ2n) is 17.8. The number of hydrogen-bond acceptors (Lipinski definition) is 12. The van der Waals surface area contributed by atoms with Crippen molar-refractivity contribution in [2.24, 2.45) is 5.14 Å². The van der Waals surface area contributed by atoms with Crippen molar-refractivity contribution < 1.29 is 16.8 Å². The van der Waals surface area contributed by atoms with Crippen LogP contribution in [0, 0.1) is 0 Å². The zero-order valence-electron chi connectivity index (χ0n) is 39.6. The molecule has 0 aliphatic heterocycles. The number of pyridine rings is 6. The van der Waals surface area contributed by atoms with E-state index in [9.17, 15) is 16.8 Å². The van der Waals surface area contributed by atoms with E-state index in [1.165, 1.54) is 18.5 Å². The van der Waals surface area contributed by atoms with Crippen LogP contribution in [0.4, 0.5) is 11.6 Å². The van der Waals surface area contributed by atoms with Gasteiger partial charge in [0.25, 0.3) is 0 Å². The van der Waals surface area contributed by atoms with E-state index in [1.807, 2.05) is 109 Å². The molecule has 0 spiro atoms. The number of nitrogens with one attached hydrogen (secondary N) is 3. The van der Waals surface area contributed by atoms with Crippen molar-refractivity contribution >= 4 is 53.2 Å². The second kappa shape index (κ2) is 21.0. The first-order chi connectivity index (χ1) is 34.7. The molecule has 0 saturated carbocycles. The second-order valence-corrected chi connectivity index (χ2v) is 21.1. The molecule has 14 nitrogen and oxygen atoms in total. The summed E-state index contributed by atoms with van der Waals surface area (Å²) in [6.07, 6.45) is 9.30. The quantitative estimate of drug-likeness (QED) is 0.0851. The molecular formula is C56H50N10O4S2. The number of primary sulfonamides is 1. The van der Waals surface area contributed by atoms with Crippen LogP contribution in [-0.2, 0) is 33.1 Å². The highest BCUT2D eigenvalue weighted by atomic mass is 32.2. The van der Waals surface area contributed by atoms with Crippen LogP contribution >= 0.6 is 0 Å². The maximum absolute atomic E-state index is 13.0. The van der Waals surface area contributed by atoms with E-state index >= 15 is 0 Å². The van der Waals surface area contributed by atoms with E-state index in [0.717, 1.165) is 55.2 Å². The molecule has 0 radical (unpaired) electrons. The van der Waals surface area contributed by atoms with E-state index in [1.54, 1.807) is 51.6 Å². The topological polar surface area (TPSA) is 208 Å². The van der Waals surface area contributed by atoms with Crippen LogP contribution in [0.3, 0.4) is 0 Å². The number of benzene rings is 4. The molecule has 360 valence electrons. The maximum atomic E-state index is 13.0. The van der Waals surface area contributed by atoms with Gasteiger partial charge in [0, 0.05) is 64.6 Å². The molecule has 5 N–H and O–H groups in total. The van der Waals surface area contributed by atoms with Crippen molar-refractivity contribution in [1.29, 1.82) is 0 Å². The number of fused-ring (bicyclic) bond motifs is 2. The summed E-state index contributed by atoms with van der Waals surface area (Å²) in [5.41, 5.74) is 7.74. The average molecular weight is 991 g/mol. The first-order valence-electron chi connectivity index (χ1n) is 22.9. The molecule has 10 aromatic rings. The molecule has 10 rings (SSSR count). The van der Waals surface area contributed by atoms with Gasteiger partial charge in [-0.2, -0.15) is 0 Å². The Morgan fingerprint density at radius 2 is 0.931 bits per heavy atom. The van der Waals surface area contributed by atoms with Crippen molar-refractivity contribution in [3.63, 3.8) is 0 Å². The molecule has 4 aromatic carbocycles. The minimum Gasteiger partial charge on any atom is -0.364 e. The molecule has 0 aliphatic rings. The average Bonchev–Trinajstić information content (AvgIpc) is 3.39. The van der Waals surface area contributed by atoms with Crippen molar-refractivity contribution in [2.75, 3.05) is 10.6 Å². The van der Waals surface area contributed by atoms with Crippen molar-refractivity contribution in [3.8, 4) is 44.8 Å². The van der Waals surface area contributed by atoms with Crippen molar-refractivity contribution in [3.05, 3.63) is 206 Å². The Bertz CT molecular complexity index is 3750. The third-order valence-electron chi connectivity index (χ3n) is 11.3. The normalized spacial score (nSPS) is 11.7. The zero-order chi connectivity index (χ0) is 50.3. The number of nitrogens with two attached hydrogens (primary N) is 1. The SMILES string of the molecule is CC(C)(C)NS(=O)(=O)c1cncc(-c2cc3cccc(-c4ccccc4)c3c(NCc3ccccn3)n2)c1.NS(=O)(=O)c1cncc(-c2cc3cccc(-c4ccccc4)c3c(NCc3ccccn3)n2)c1. The first-order valence-corrected chi connectivity index (χ1v) is 26.0. The number of aromatic nitrogens is 6. The van der Waals surface area contributed by atoms with Gasteiger partial charge >= 0.3 is 0 Å². The molecular weight excluding hydrogens is 941 g/mol. The van der Waals surface area contributed by atoms with Gasteiger partial charge in [0.15, 0.2) is 0 Å². The molecule has 6 aromatic heterocycles. The minimum atomic E-state index is -3.89. The summed E-state index contributed by atoms with van der Waals surface area (Å²) in [5, 5.41) is 16.1. The van der Waals surface area contributed by atoms with Gasteiger partial charge in [-0.15, -0.1) is 0 Å². The summed E-state index contributed by atoms with van der Waals surface area (Å²) < 4.78 is 52.4. The predicted molar refractivity (Wildman–Crippen MR) is 285 cm³/mol. The number of anilines is 2. The molecule has 0 amide bonds. The predicted octanol–water partition coefficient (Wildman–Crippen LogP) is 10.7. The molecule has 72 heavy (non-hydrogen) atoms. The smallest absolute Gasteiger partial charge is 0.242 e. The van der Waals surface area contributed by atoms with Gasteiger partial charge in [-0.3, -0.25) is 19.9 Å². The van der Waals surface area contributed by atoms with E-state index in [0.29, 0.717) is 47.2 Å². The third-order valence-corrected chi connectivity index (χ3v) is 13.9. The van der Waals surface area contributed by atoms with Gasteiger partial charge in [0.2, 0.25) is 20.0 Å². The van der Waals surface area contributed by atoms with Gasteiger partial charge in [-0.1, -0.05) is 109 Å². The summed E-state index contributed by atoms with van der Waals surface area (Å²) in [5.74, 6) is 1.35. The number of hydrogen-bond donors (Lipinski definition) is 4. The number of nitrogens with zero attached hydrogens (tertiary/aromatic N) is 6. The molecule has 16 heteroatoms. The number of sulfonamides is 2. The summed E-state index contributed by atoms with van der Waals surface area (Å²) in [4.78, 5) is 27.0. The molecule has 0 unspecified atom stereocenters. The van der Waals surface area contributed by atoms with Crippen LogP contribution in [0.1, 0.15) is 32.2 Å². The van der Waals surface area contributed by atoms with Gasteiger partial charge in [-0.25, -0.2) is 36.7 Å². The Hall–Kier alpha value is -8.28. The van der Waals surface area contributed by atoms with Gasteiger partial charge in [0.05, 0.1) is 35.9 Å². The Kier molecular flexibility index (Phi) is 14.2. The van der Waals surface area contributed by atoms with E-state index < -0.39 is 25.6 Å². The highest BCUT2D eigenvalue weighted by Gasteiger charge is 2.24. The van der Waals surface area contributed by atoms with Gasteiger partial charge in [0.1, 0.15) is 21.4 Å². The highest BCUT2D eigenvalue weighted by Crippen LogP contribution is 2.38. The van der Waals surface area contributed by atoms with Crippen LogP contribution in [0.15, 0.2) is 205 Å². The summed E-state index contributed by atoms with van der Waals surface area (Å²) in [7, 11) is -7.64. The van der Waals surface area contributed by atoms with E-state index in [4.69, 9.17) is 15.1 Å². The van der Waals surface area contributed by atoms with Crippen LogP contribution in [0.25, 0.3) is 66.3 Å². The standard InChI is InChI=1S/C30H29N5O2S.C26H21N5O2S/c1-30(2,3)35-38(36,37)25-16-23(18-31-20-25)27-17-22-12-9-14-26(21-10-5-4-6-11-21)28(22)29(34-27)33-19-24-13-7-8-15-32-24;27-34(32,33)22-13-20(15-28-17-22)24-14-19-9-6-11-23(18-7-2-1-3-8-18)25(19)26(31-24)30-16-21-10-4-5-12-29-21/h4-18,20,35H,19H2,1-3H3,(H,33,34);1-15,17H,16H2,(H,30,31)(H2,27,32,33). The fourth-order valence-electron chi connectivity index (χ4n) is 8.13. The molecule has 0 atom stereocenters.